The summed E-state index contributed by atoms with van der Waals surface area (Å²) in [6, 6.07) is 19.1. The van der Waals surface area contributed by atoms with Crippen molar-refractivity contribution in [3.05, 3.63) is 65.9 Å². The maximum absolute atomic E-state index is 9.99. The van der Waals surface area contributed by atoms with Crippen molar-refractivity contribution in [1.82, 2.24) is 20.2 Å². The first kappa shape index (κ1) is 24.7. The summed E-state index contributed by atoms with van der Waals surface area (Å²) in [5.41, 5.74) is 5.67. The Morgan fingerprint density at radius 2 is 1.70 bits per heavy atom. The van der Waals surface area contributed by atoms with Gasteiger partial charge in [0, 0.05) is 22.5 Å². The van der Waals surface area contributed by atoms with E-state index in [0.29, 0.717) is 28.1 Å². The lowest BCUT2D eigenvalue weighted by molar-refractivity contribution is 0.496. The van der Waals surface area contributed by atoms with Crippen LogP contribution in [0.2, 0.25) is 19.6 Å². The molecule has 7 rings (SSSR count). The summed E-state index contributed by atoms with van der Waals surface area (Å²) in [6.07, 6.45) is 6.67. The minimum atomic E-state index is -1.82. The molecule has 1 fully saturated rings. The maximum Gasteiger partial charge on any atom is 0.267 e. The van der Waals surface area contributed by atoms with Crippen molar-refractivity contribution in [1.29, 1.82) is 5.26 Å². The molecular formula is C32H29N5O2Si. The second kappa shape index (κ2) is 8.83. The number of pyridine rings is 2. The monoisotopic (exact) mass is 543 g/mol. The van der Waals surface area contributed by atoms with E-state index in [4.69, 9.17) is 18.8 Å². The fourth-order valence-corrected chi connectivity index (χ4v) is 6.83. The Balaban J connectivity index is 1.44. The van der Waals surface area contributed by atoms with Crippen molar-refractivity contribution < 1.29 is 8.83 Å². The van der Waals surface area contributed by atoms with E-state index in [-0.39, 0.29) is 11.3 Å². The lowest BCUT2D eigenvalue weighted by atomic mass is 9.77. The van der Waals surface area contributed by atoms with E-state index in [1.165, 1.54) is 42.0 Å². The first-order valence-electron chi connectivity index (χ1n) is 13.8. The predicted octanol–water partition coefficient (Wildman–Crippen LogP) is 7.49. The zero-order valence-corrected chi connectivity index (χ0v) is 24.1. The van der Waals surface area contributed by atoms with Crippen LogP contribution in [0.5, 0.6) is 0 Å². The topological polar surface area (TPSA) is 102 Å². The molecule has 1 aliphatic carbocycles. The van der Waals surface area contributed by atoms with Crippen LogP contribution in [0, 0.1) is 11.3 Å². The van der Waals surface area contributed by atoms with E-state index in [9.17, 15) is 5.26 Å². The summed E-state index contributed by atoms with van der Waals surface area (Å²) in [6.45, 7) is 8.78. The first-order valence-corrected chi connectivity index (χ1v) is 17.3. The third-order valence-electron chi connectivity index (χ3n) is 8.26. The number of nitriles is 1. The number of hydrogen-bond acceptors (Lipinski definition) is 7. The highest BCUT2D eigenvalue weighted by Gasteiger charge is 2.33. The highest BCUT2D eigenvalue weighted by Crippen LogP contribution is 2.45. The minimum Gasteiger partial charge on any atom is -0.435 e. The SMILES string of the molecule is CC1(c2cc(-c3nccc4c3oc3nc(-c5nnc([Si](C)(C)C)o5)c(C#N)cc34)cc3ccccc23)CCCC1. The van der Waals surface area contributed by atoms with Gasteiger partial charge in [0.15, 0.2) is 19.2 Å². The maximum atomic E-state index is 9.99. The van der Waals surface area contributed by atoms with Crippen molar-refractivity contribution in [2.75, 3.05) is 0 Å². The van der Waals surface area contributed by atoms with Gasteiger partial charge in [0.25, 0.3) is 5.89 Å². The van der Waals surface area contributed by atoms with Crippen molar-refractivity contribution in [3.63, 3.8) is 0 Å². The van der Waals surface area contributed by atoms with Gasteiger partial charge < -0.3 is 8.83 Å². The molecular weight excluding hydrogens is 514 g/mol. The van der Waals surface area contributed by atoms with Gasteiger partial charge in [-0.3, -0.25) is 4.98 Å². The van der Waals surface area contributed by atoms with Gasteiger partial charge >= 0.3 is 0 Å². The predicted molar refractivity (Wildman–Crippen MR) is 159 cm³/mol. The quantitative estimate of drug-likeness (QED) is 0.212. The number of rotatable bonds is 4. The number of fused-ring (bicyclic) bond motifs is 4. The van der Waals surface area contributed by atoms with Crippen LogP contribution in [-0.4, -0.2) is 28.2 Å². The average molecular weight is 544 g/mol. The van der Waals surface area contributed by atoms with E-state index in [0.717, 1.165) is 22.0 Å². The number of furan rings is 1. The molecule has 8 heteroatoms. The standard InChI is InChI=1S/C32H29N5O2Si/c1-32(12-7-8-13-32)25-17-20(15-19-9-5-6-10-22(19)25)26-28-23(11-14-34-26)24-16-21(18-33)27(35-29(24)38-28)30-36-37-31(39-30)40(2,3)4/h5-6,9-11,14-17H,7-8,12-13H2,1-4H3. The molecule has 0 saturated heterocycles. The average Bonchev–Trinajstić information content (AvgIpc) is 3.70. The van der Waals surface area contributed by atoms with Crippen molar-refractivity contribution in [3.8, 4) is 28.9 Å². The van der Waals surface area contributed by atoms with Crippen molar-refractivity contribution in [2.24, 2.45) is 0 Å². The number of aromatic nitrogens is 4. The van der Waals surface area contributed by atoms with Crippen LogP contribution in [0.3, 0.4) is 0 Å². The van der Waals surface area contributed by atoms with Crippen LogP contribution in [-0.2, 0) is 5.41 Å². The Labute approximate surface area is 232 Å². The molecule has 6 aromatic rings. The molecule has 198 valence electrons. The number of hydrogen-bond donors (Lipinski definition) is 0. The van der Waals surface area contributed by atoms with E-state index in [2.05, 4.69) is 79.2 Å². The number of benzene rings is 2. The molecule has 0 N–H and O–H groups in total. The molecule has 0 atom stereocenters. The fourth-order valence-electron chi connectivity index (χ4n) is 6.07. The summed E-state index contributed by atoms with van der Waals surface area (Å²) in [7, 11) is -1.82. The summed E-state index contributed by atoms with van der Waals surface area (Å²) in [5, 5.41) is 22.6. The molecule has 0 spiro atoms. The molecule has 40 heavy (non-hydrogen) atoms. The zero-order valence-electron chi connectivity index (χ0n) is 23.1. The van der Waals surface area contributed by atoms with Gasteiger partial charge in [-0.15, -0.1) is 10.2 Å². The van der Waals surface area contributed by atoms with Crippen LogP contribution in [0.15, 0.2) is 63.6 Å². The van der Waals surface area contributed by atoms with Crippen LogP contribution in [0.4, 0.5) is 0 Å². The second-order valence-corrected chi connectivity index (χ2v) is 17.1. The molecule has 1 saturated carbocycles. The molecule has 2 aromatic carbocycles. The molecule has 0 radical (unpaired) electrons. The van der Waals surface area contributed by atoms with E-state index in [1.54, 1.807) is 12.3 Å². The largest absolute Gasteiger partial charge is 0.435 e. The van der Waals surface area contributed by atoms with E-state index in [1.807, 2.05) is 6.07 Å². The Morgan fingerprint density at radius 3 is 2.45 bits per heavy atom. The van der Waals surface area contributed by atoms with E-state index < -0.39 is 8.07 Å². The lowest BCUT2D eigenvalue weighted by Crippen LogP contribution is -2.38. The Hall–Kier alpha value is -4.35. The third-order valence-corrected chi connectivity index (χ3v) is 9.75. The highest BCUT2D eigenvalue weighted by molar-refractivity contribution is 6.87. The minimum absolute atomic E-state index is 0.133. The van der Waals surface area contributed by atoms with Gasteiger partial charge in [0.2, 0.25) is 5.71 Å². The molecule has 0 bridgehead atoms. The molecule has 0 amide bonds. The first-order chi connectivity index (χ1) is 19.2. The smallest absolute Gasteiger partial charge is 0.267 e. The fraction of sp³-hybridized carbons (Fsp3) is 0.281. The van der Waals surface area contributed by atoms with Gasteiger partial charge in [0.1, 0.15) is 17.5 Å². The van der Waals surface area contributed by atoms with Gasteiger partial charge in [-0.2, -0.15) is 5.26 Å². The van der Waals surface area contributed by atoms with Crippen LogP contribution < -0.4 is 5.51 Å². The highest BCUT2D eigenvalue weighted by atomic mass is 28.3. The van der Waals surface area contributed by atoms with Crippen LogP contribution >= 0.6 is 0 Å². The van der Waals surface area contributed by atoms with Gasteiger partial charge in [-0.05, 0) is 58.9 Å². The lowest BCUT2D eigenvalue weighted by Gasteiger charge is -2.27. The summed E-state index contributed by atoms with van der Waals surface area (Å²) in [4.78, 5) is 9.53. The van der Waals surface area contributed by atoms with Crippen molar-refractivity contribution in [2.45, 2.75) is 57.7 Å². The summed E-state index contributed by atoms with van der Waals surface area (Å²) >= 11 is 0. The zero-order chi connectivity index (χ0) is 27.6. The van der Waals surface area contributed by atoms with Gasteiger partial charge in [0.05, 0.1) is 5.56 Å². The second-order valence-electron chi connectivity index (χ2n) is 12.2. The Morgan fingerprint density at radius 1 is 0.900 bits per heavy atom. The Bertz CT molecular complexity index is 1990. The third kappa shape index (κ3) is 3.84. The molecule has 0 aliphatic heterocycles. The van der Waals surface area contributed by atoms with Crippen molar-refractivity contribution >= 4 is 46.4 Å². The van der Waals surface area contributed by atoms with Gasteiger partial charge in [-0.1, -0.05) is 63.7 Å². The molecule has 4 heterocycles. The van der Waals surface area contributed by atoms with E-state index >= 15 is 0 Å². The molecule has 0 unspecified atom stereocenters. The van der Waals surface area contributed by atoms with Gasteiger partial charge in [-0.25, -0.2) is 4.98 Å². The summed E-state index contributed by atoms with van der Waals surface area (Å²) in [5.74, 6) is 0.235. The van der Waals surface area contributed by atoms with Crippen LogP contribution in [0.25, 0.3) is 55.7 Å². The Kier molecular flexibility index (Phi) is 5.45. The molecule has 7 nitrogen and oxygen atoms in total. The molecule has 1 aliphatic rings. The van der Waals surface area contributed by atoms with Crippen LogP contribution in [0.1, 0.15) is 43.7 Å². The summed E-state index contributed by atoms with van der Waals surface area (Å²) < 4.78 is 12.4. The number of nitrogens with zero attached hydrogens (tertiary/aromatic N) is 5. The molecule has 4 aromatic heterocycles. The normalized spacial score (nSPS) is 15.3.